The molecule has 1 aliphatic carbocycles. The first-order chi connectivity index (χ1) is 11.4. The first-order valence-corrected chi connectivity index (χ1v) is 9.39. The van der Waals surface area contributed by atoms with Crippen molar-refractivity contribution in [2.75, 3.05) is 24.6 Å². The maximum Gasteiger partial charge on any atom is 0.128 e. The summed E-state index contributed by atoms with van der Waals surface area (Å²) in [6, 6.07) is 7.24. The third kappa shape index (κ3) is 4.67. The summed E-state index contributed by atoms with van der Waals surface area (Å²) >= 11 is 0. The molecule has 23 heavy (non-hydrogen) atoms. The maximum absolute atomic E-state index is 9.43. The monoisotopic (exact) mass is 317 g/mol. The van der Waals surface area contributed by atoms with E-state index in [1.54, 1.807) is 0 Å². The second-order valence-corrected chi connectivity index (χ2v) is 7.13. The van der Waals surface area contributed by atoms with E-state index in [1.165, 1.54) is 44.9 Å². The number of piperidine rings is 1. The van der Waals surface area contributed by atoms with Gasteiger partial charge in [-0.3, -0.25) is 0 Å². The van der Waals surface area contributed by atoms with Crippen LogP contribution in [-0.2, 0) is 0 Å². The van der Waals surface area contributed by atoms with E-state index in [9.17, 15) is 5.11 Å². The fraction of sp³-hybridized carbons (Fsp3) is 0.737. The van der Waals surface area contributed by atoms with Crippen molar-refractivity contribution < 1.29 is 5.11 Å². The van der Waals surface area contributed by atoms with Crippen LogP contribution < -0.4 is 10.2 Å². The van der Waals surface area contributed by atoms with Gasteiger partial charge in [0, 0.05) is 38.0 Å². The number of anilines is 1. The molecule has 2 N–H and O–H groups in total. The van der Waals surface area contributed by atoms with Crippen LogP contribution in [0, 0.1) is 5.92 Å². The number of aromatic nitrogens is 1. The number of nitrogens with zero attached hydrogens (tertiary/aromatic N) is 2. The van der Waals surface area contributed by atoms with Gasteiger partial charge in [0.25, 0.3) is 0 Å². The van der Waals surface area contributed by atoms with E-state index in [0.717, 1.165) is 31.2 Å². The Hall–Kier alpha value is -1.13. The minimum atomic E-state index is 0.306. The molecule has 1 aromatic rings. The van der Waals surface area contributed by atoms with Gasteiger partial charge < -0.3 is 15.3 Å². The smallest absolute Gasteiger partial charge is 0.128 e. The lowest BCUT2D eigenvalue weighted by molar-refractivity contribution is 0.189. The van der Waals surface area contributed by atoms with Gasteiger partial charge >= 0.3 is 0 Å². The highest BCUT2D eigenvalue weighted by Crippen LogP contribution is 2.29. The highest BCUT2D eigenvalue weighted by atomic mass is 16.3. The Morgan fingerprint density at radius 1 is 1.13 bits per heavy atom. The summed E-state index contributed by atoms with van der Waals surface area (Å²) in [7, 11) is 0. The molecule has 3 rings (SSSR count). The van der Waals surface area contributed by atoms with Crippen LogP contribution >= 0.6 is 0 Å². The van der Waals surface area contributed by atoms with Crippen LogP contribution in [0.1, 0.15) is 51.4 Å². The van der Waals surface area contributed by atoms with Gasteiger partial charge in [-0.05, 0) is 50.2 Å². The number of hydrogen-bond donors (Lipinski definition) is 2. The number of aliphatic hydroxyl groups excluding tert-OH is 1. The SMILES string of the molecule is OCCC(NC1CCN(c2ccccn2)CC1)C1CCCCC1. The number of rotatable bonds is 6. The quantitative estimate of drug-likeness (QED) is 0.847. The zero-order valence-corrected chi connectivity index (χ0v) is 14.2. The molecule has 2 heterocycles. The normalized spacial score (nSPS) is 22.2. The van der Waals surface area contributed by atoms with Gasteiger partial charge in [-0.15, -0.1) is 0 Å². The van der Waals surface area contributed by atoms with E-state index >= 15 is 0 Å². The predicted molar refractivity (Wildman–Crippen MR) is 94.7 cm³/mol. The summed E-state index contributed by atoms with van der Waals surface area (Å²) in [5.74, 6) is 1.87. The van der Waals surface area contributed by atoms with E-state index in [2.05, 4.69) is 27.3 Å². The molecule has 0 radical (unpaired) electrons. The Morgan fingerprint density at radius 3 is 2.57 bits per heavy atom. The zero-order valence-electron chi connectivity index (χ0n) is 14.2. The molecule has 0 amide bonds. The Morgan fingerprint density at radius 2 is 1.91 bits per heavy atom. The summed E-state index contributed by atoms with van der Waals surface area (Å²) < 4.78 is 0. The van der Waals surface area contributed by atoms with E-state index in [1.807, 2.05) is 12.3 Å². The summed E-state index contributed by atoms with van der Waals surface area (Å²) in [4.78, 5) is 6.85. The van der Waals surface area contributed by atoms with Gasteiger partial charge in [0.05, 0.1) is 0 Å². The van der Waals surface area contributed by atoms with Crippen molar-refractivity contribution in [3.05, 3.63) is 24.4 Å². The summed E-state index contributed by atoms with van der Waals surface area (Å²) in [6.07, 6.45) is 11.9. The number of nitrogens with one attached hydrogen (secondary N) is 1. The van der Waals surface area contributed by atoms with Gasteiger partial charge in [-0.1, -0.05) is 25.3 Å². The molecule has 4 heteroatoms. The van der Waals surface area contributed by atoms with Crippen molar-refractivity contribution in [2.45, 2.75) is 63.5 Å². The highest BCUT2D eigenvalue weighted by Gasteiger charge is 2.27. The van der Waals surface area contributed by atoms with Crippen molar-refractivity contribution in [3.63, 3.8) is 0 Å². The van der Waals surface area contributed by atoms with Gasteiger partial charge in [-0.25, -0.2) is 4.98 Å². The largest absolute Gasteiger partial charge is 0.396 e. The van der Waals surface area contributed by atoms with Gasteiger partial charge in [0.15, 0.2) is 0 Å². The molecule has 1 atom stereocenters. The molecule has 128 valence electrons. The van der Waals surface area contributed by atoms with Crippen LogP contribution in [-0.4, -0.2) is 41.9 Å². The third-order valence-electron chi connectivity index (χ3n) is 5.58. The summed E-state index contributed by atoms with van der Waals surface area (Å²) in [6.45, 7) is 2.46. The number of aliphatic hydroxyl groups is 1. The Balaban J connectivity index is 1.50. The van der Waals surface area contributed by atoms with Gasteiger partial charge in [0.1, 0.15) is 5.82 Å². The molecular formula is C19H31N3O. The number of pyridine rings is 1. The first kappa shape index (κ1) is 16.7. The minimum Gasteiger partial charge on any atom is -0.396 e. The standard InChI is InChI=1S/C19H31N3O/c23-15-11-18(16-6-2-1-3-7-16)21-17-9-13-22(14-10-17)19-8-4-5-12-20-19/h4-5,8,12,16-18,21,23H,1-3,6-7,9-11,13-15H2. The van der Waals surface area contributed by atoms with Crippen LogP contribution in [0.25, 0.3) is 0 Å². The van der Waals surface area contributed by atoms with Crippen molar-refractivity contribution in [2.24, 2.45) is 5.92 Å². The predicted octanol–water partition coefficient (Wildman–Crippen LogP) is 2.97. The van der Waals surface area contributed by atoms with Crippen molar-refractivity contribution in [3.8, 4) is 0 Å². The fourth-order valence-corrected chi connectivity index (χ4v) is 4.25. The molecule has 1 aliphatic heterocycles. The Kier molecular flexibility index (Phi) is 6.29. The average molecular weight is 317 g/mol. The molecule has 0 spiro atoms. The highest BCUT2D eigenvalue weighted by molar-refractivity contribution is 5.38. The molecule has 1 unspecified atom stereocenters. The van der Waals surface area contributed by atoms with Crippen LogP contribution in [0.15, 0.2) is 24.4 Å². The lowest BCUT2D eigenvalue weighted by atomic mass is 9.82. The number of hydrogen-bond acceptors (Lipinski definition) is 4. The van der Waals surface area contributed by atoms with E-state index in [4.69, 9.17) is 0 Å². The third-order valence-corrected chi connectivity index (χ3v) is 5.58. The average Bonchev–Trinajstić information content (AvgIpc) is 2.63. The maximum atomic E-state index is 9.43. The lowest BCUT2D eigenvalue weighted by Crippen LogP contribution is -2.49. The second kappa shape index (κ2) is 8.65. The van der Waals surface area contributed by atoms with Crippen LogP contribution in [0.2, 0.25) is 0 Å². The molecule has 4 nitrogen and oxygen atoms in total. The molecule has 1 saturated heterocycles. The van der Waals surface area contributed by atoms with E-state index in [-0.39, 0.29) is 0 Å². The van der Waals surface area contributed by atoms with Crippen LogP contribution in [0.4, 0.5) is 5.82 Å². The molecule has 2 aliphatic rings. The fourth-order valence-electron chi connectivity index (χ4n) is 4.25. The van der Waals surface area contributed by atoms with Crippen molar-refractivity contribution in [1.29, 1.82) is 0 Å². The van der Waals surface area contributed by atoms with E-state index in [0.29, 0.717) is 18.7 Å². The zero-order chi connectivity index (χ0) is 15.9. The molecule has 0 bridgehead atoms. The topological polar surface area (TPSA) is 48.4 Å². The molecule has 1 saturated carbocycles. The van der Waals surface area contributed by atoms with E-state index < -0.39 is 0 Å². The molecule has 0 aromatic carbocycles. The van der Waals surface area contributed by atoms with Crippen molar-refractivity contribution >= 4 is 5.82 Å². The lowest BCUT2D eigenvalue weighted by Gasteiger charge is -2.38. The summed E-state index contributed by atoms with van der Waals surface area (Å²) in [5, 5.41) is 13.3. The Bertz CT molecular complexity index is 439. The summed E-state index contributed by atoms with van der Waals surface area (Å²) in [5.41, 5.74) is 0. The van der Waals surface area contributed by atoms with Gasteiger partial charge in [0.2, 0.25) is 0 Å². The van der Waals surface area contributed by atoms with Crippen LogP contribution in [0.5, 0.6) is 0 Å². The molecule has 1 aromatic heterocycles. The van der Waals surface area contributed by atoms with Gasteiger partial charge in [-0.2, -0.15) is 0 Å². The van der Waals surface area contributed by atoms with Crippen molar-refractivity contribution in [1.82, 2.24) is 10.3 Å². The second-order valence-electron chi connectivity index (χ2n) is 7.13. The minimum absolute atomic E-state index is 0.306. The van der Waals surface area contributed by atoms with Crippen LogP contribution in [0.3, 0.4) is 0 Å². The first-order valence-electron chi connectivity index (χ1n) is 9.39. The molecular weight excluding hydrogens is 286 g/mol. The molecule has 2 fully saturated rings. The Labute approximate surface area is 140 Å².